The van der Waals surface area contributed by atoms with E-state index >= 15 is 0 Å². The van der Waals surface area contributed by atoms with E-state index in [1.165, 1.54) is 12.1 Å². The minimum atomic E-state index is -1.59. The monoisotopic (exact) mass is 278 g/mol. The van der Waals surface area contributed by atoms with Crippen LogP contribution in [0.2, 0.25) is 0 Å². The van der Waals surface area contributed by atoms with Crippen molar-refractivity contribution in [1.82, 2.24) is 0 Å². The predicted octanol–water partition coefficient (Wildman–Crippen LogP) is 2.46. The Morgan fingerprint density at radius 3 is 1.90 bits per heavy atom. The molecule has 1 rings (SSSR count). The number of carboxylic acid groups (broad SMARTS) is 2. The quantitative estimate of drug-likeness (QED) is 0.590. The van der Waals surface area contributed by atoms with Crippen molar-refractivity contribution in [3.05, 3.63) is 35.9 Å². The molecular formula is C15H18O5. The van der Waals surface area contributed by atoms with Crippen molar-refractivity contribution in [2.24, 2.45) is 11.3 Å². The van der Waals surface area contributed by atoms with Gasteiger partial charge in [-0.2, -0.15) is 0 Å². The van der Waals surface area contributed by atoms with E-state index in [1.807, 2.05) is 0 Å². The molecule has 1 atom stereocenters. The summed E-state index contributed by atoms with van der Waals surface area (Å²) in [6, 6.07) is 7.93. The molecular weight excluding hydrogens is 260 g/mol. The zero-order chi connectivity index (χ0) is 15.3. The van der Waals surface area contributed by atoms with Crippen LogP contribution in [0.4, 0.5) is 0 Å². The van der Waals surface area contributed by atoms with Crippen LogP contribution in [0.3, 0.4) is 0 Å². The van der Waals surface area contributed by atoms with Gasteiger partial charge in [0.25, 0.3) is 0 Å². The first-order valence-corrected chi connectivity index (χ1v) is 6.46. The third-order valence-corrected chi connectivity index (χ3v) is 3.81. The maximum absolute atomic E-state index is 12.4. The second-order valence-corrected chi connectivity index (χ2v) is 4.67. The molecule has 0 spiro atoms. The lowest BCUT2D eigenvalue weighted by atomic mass is 9.68. The zero-order valence-corrected chi connectivity index (χ0v) is 11.5. The third-order valence-electron chi connectivity index (χ3n) is 3.81. The van der Waals surface area contributed by atoms with E-state index in [2.05, 4.69) is 0 Å². The first kappa shape index (κ1) is 15.9. The largest absolute Gasteiger partial charge is 0.481 e. The minimum Gasteiger partial charge on any atom is -0.481 e. The Balaban J connectivity index is 3.34. The molecule has 0 fully saturated rings. The normalized spacial score (nSPS) is 12.7. The Morgan fingerprint density at radius 1 is 1.05 bits per heavy atom. The number of aliphatic carboxylic acids is 2. The van der Waals surface area contributed by atoms with Crippen LogP contribution in [-0.2, 0) is 9.59 Å². The van der Waals surface area contributed by atoms with E-state index < -0.39 is 29.1 Å². The van der Waals surface area contributed by atoms with E-state index in [0.29, 0.717) is 0 Å². The van der Waals surface area contributed by atoms with E-state index in [9.17, 15) is 24.6 Å². The fraction of sp³-hybridized carbons (Fsp3) is 0.400. The fourth-order valence-electron chi connectivity index (χ4n) is 2.45. The van der Waals surface area contributed by atoms with Gasteiger partial charge in [0.05, 0.1) is 5.41 Å². The van der Waals surface area contributed by atoms with Crippen molar-refractivity contribution < 1.29 is 24.6 Å². The van der Waals surface area contributed by atoms with Gasteiger partial charge in [-0.15, -0.1) is 0 Å². The molecule has 0 radical (unpaired) electrons. The average Bonchev–Trinajstić information content (AvgIpc) is 2.44. The summed E-state index contributed by atoms with van der Waals surface area (Å²) in [5.74, 6) is -4.90. The highest BCUT2D eigenvalue weighted by atomic mass is 16.4. The molecule has 0 bridgehead atoms. The number of rotatable bonds is 7. The van der Waals surface area contributed by atoms with Gasteiger partial charge in [0.2, 0.25) is 0 Å². The number of carbonyl (C=O) groups excluding carboxylic acids is 1. The lowest BCUT2D eigenvalue weighted by Crippen LogP contribution is -2.46. The first-order valence-electron chi connectivity index (χ1n) is 6.46. The molecule has 1 aromatic rings. The van der Waals surface area contributed by atoms with Crippen LogP contribution in [0.5, 0.6) is 0 Å². The van der Waals surface area contributed by atoms with Crippen molar-refractivity contribution in [2.45, 2.75) is 26.7 Å². The van der Waals surface area contributed by atoms with Crippen molar-refractivity contribution in [3.8, 4) is 0 Å². The number of carbonyl (C=O) groups is 3. The van der Waals surface area contributed by atoms with Gasteiger partial charge in [0.15, 0.2) is 5.78 Å². The molecule has 20 heavy (non-hydrogen) atoms. The highest BCUT2D eigenvalue weighted by Gasteiger charge is 2.51. The zero-order valence-electron chi connectivity index (χ0n) is 11.5. The molecule has 1 unspecified atom stereocenters. The highest BCUT2D eigenvalue weighted by molar-refractivity contribution is 6.11. The molecule has 0 heterocycles. The topological polar surface area (TPSA) is 91.7 Å². The lowest BCUT2D eigenvalue weighted by molar-refractivity contribution is -0.160. The van der Waals surface area contributed by atoms with Gasteiger partial charge in [0, 0.05) is 5.56 Å². The number of hydrogen-bond donors (Lipinski definition) is 2. The van der Waals surface area contributed by atoms with Crippen LogP contribution in [0.25, 0.3) is 0 Å². The Morgan fingerprint density at radius 2 is 1.55 bits per heavy atom. The average molecular weight is 278 g/mol. The predicted molar refractivity (Wildman–Crippen MR) is 72.5 cm³/mol. The summed E-state index contributed by atoms with van der Waals surface area (Å²) in [4.78, 5) is 35.5. The molecule has 108 valence electrons. The van der Waals surface area contributed by atoms with Crippen LogP contribution in [-0.4, -0.2) is 27.9 Å². The molecule has 0 saturated heterocycles. The molecule has 0 aliphatic heterocycles. The van der Waals surface area contributed by atoms with Gasteiger partial charge >= 0.3 is 11.9 Å². The second kappa shape index (κ2) is 6.32. The van der Waals surface area contributed by atoms with Crippen LogP contribution in [0.1, 0.15) is 37.0 Å². The molecule has 5 nitrogen and oxygen atoms in total. The molecule has 0 saturated carbocycles. The second-order valence-electron chi connectivity index (χ2n) is 4.67. The van der Waals surface area contributed by atoms with Crippen LogP contribution >= 0.6 is 0 Å². The van der Waals surface area contributed by atoms with Crippen LogP contribution in [0, 0.1) is 11.3 Å². The summed E-state index contributed by atoms with van der Waals surface area (Å²) in [5, 5.41) is 18.8. The number of ketones is 1. The molecule has 0 amide bonds. The van der Waals surface area contributed by atoms with Crippen molar-refractivity contribution in [2.75, 3.05) is 0 Å². The van der Waals surface area contributed by atoms with Gasteiger partial charge in [0.1, 0.15) is 5.92 Å². The molecule has 2 N–H and O–H groups in total. The maximum atomic E-state index is 12.4. The summed E-state index contributed by atoms with van der Waals surface area (Å²) >= 11 is 0. The SMILES string of the molecule is CCC(CC)(C(=O)O)C(C(=O)O)C(=O)c1ccccc1. The van der Waals surface area contributed by atoms with E-state index in [1.54, 1.807) is 32.0 Å². The summed E-state index contributed by atoms with van der Waals surface area (Å²) in [7, 11) is 0. The molecule has 0 aliphatic carbocycles. The van der Waals surface area contributed by atoms with E-state index in [0.717, 1.165) is 0 Å². The first-order chi connectivity index (χ1) is 9.40. The molecule has 1 aromatic carbocycles. The van der Waals surface area contributed by atoms with E-state index in [4.69, 9.17) is 0 Å². The van der Waals surface area contributed by atoms with Crippen molar-refractivity contribution in [1.29, 1.82) is 0 Å². The van der Waals surface area contributed by atoms with Gasteiger partial charge < -0.3 is 10.2 Å². The lowest BCUT2D eigenvalue weighted by Gasteiger charge is -2.32. The number of carboxylic acids is 2. The number of hydrogen-bond acceptors (Lipinski definition) is 3. The van der Waals surface area contributed by atoms with Crippen LogP contribution < -0.4 is 0 Å². The summed E-state index contributed by atoms with van der Waals surface area (Å²) in [5.41, 5.74) is -1.37. The summed E-state index contributed by atoms with van der Waals surface area (Å²) in [6.07, 6.45) is 0.156. The standard InChI is InChI=1S/C15H18O5/c1-3-15(4-2,14(19)20)11(13(17)18)12(16)10-8-6-5-7-9-10/h5-9,11H,3-4H2,1-2H3,(H,17,18)(H,19,20). The van der Waals surface area contributed by atoms with Gasteiger partial charge in [-0.25, -0.2) is 0 Å². The molecule has 5 heteroatoms. The Labute approximate surface area is 117 Å². The maximum Gasteiger partial charge on any atom is 0.315 e. The fourth-order valence-corrected chi connectivity index (χ4v) is 2.45. The summed E-state index contributed by atoms with van der Waals surface area (Å²) < 4.78 is 0. The van der Waals surface area contributed by atoms with Crippen LogP contribution in [0.15, 0.2) is 30.3 Å². The third kappa shape index (κ3) is 2.71. The van der Waals surface area contributed by atoms with Crippen molar-refractivity contribution in [3.63, 3.8) is 0 Å². The number of benzene rings is 1. The molecule has 0 aliphatic rings. The van der Waals surface area contributed by atoms with Gasteiger partial charge in [-0.05, 0) is 12.8 Å². The smallest absolute Gasteiger partial charge is 0.315 e. The highest BCUT2D eigenvalue weighted by Crippen LogP contribution is 2.38. The summed E-state index contributed by atoms with van der Waals surface area (Å²) in [6.45, 7) is 3.18. The Hall–Kier alpha value is -2.17. The Bertz CT molecular complexity index is 502. The number of Topliss-reactive ketones (excluding diaryl/α,β-unsaturated/α-hetero) is 1. The van der Waals surface area contributed by atoms with Gasteiger partial charge in [-0.1, -0.05) is 44.2 Å². The van der Waals surface area contributed by atoms with Gasteiger partial charge in [-0.3, -0.25) is 14.4 Å². The van der Waals surface area contributed by atoms with Crippen molar-refractivity contribution >= 4 is 17.7 Å². The minimum absolute atomic E-state index is 0.0778. The van der Waals surface area contributed by atoms with E-state index in [-0.39, 0.29) is 18.4 Å². The Kier molecular flexibility index (Phi) is 5.02. The molecule has 0 aromatic heterocycles.